The van der Waals surface area contributed by atoms with E-state index in [0.717, 1.165) is 11.1 Å². The number of aromatic amines is 1. The first kappa shape index (κ1) is 11.3. The molecular weight excluding hydrogens is 218 g/mol. The van der Waals surface area contributed by atoms with E-state index in [0.29, 0.717) is 11.4 Å². The van der Waals surface area contributed by atoms with Crippen molar-refractivity contribution in [2.24, 2.45) is 0 Å². The van der Waals surface area contributed by atoms with Crippen molar-refractivity contribution in [3.63, 3.8) is 0 Å². The number of hydrogen-bond acceptors (Lipinski definition) is 4. The largest absolute Gasteiger partial charge is 0.290 e. The lowest BCUT2D eigenvalue weighted by atomic mass is 10.2. The Morgan fingerprint density at radius 3 is 2.88 bits per heavy atom. The Kier molecular flexibility index (Phi) is 2.86. The topological polar surface area (TPSA) is 76.5 Å². The standard InChI is InChI=1S/C11H13N5O/c1-7-4-8(2)11(17)16(5-7)6-9(3)10-12-14-15-13-10/h4-6H,1-3H3,(H,12,13,14,15)/b9-6-. The number of tetrazole rings is 1. The summed E-state index contributed by atoms with van der Waals surface area (Å²) in [6.07, 6.45) is 3.48. The van der Waals surface area contributed by atoms with Crippen molar-refractivity contribution >= 4 is 11.8 Å². The maximum absolute atomic E-state index is 11.9. The molecule has 17 heavy (non-hydrogen) atoms. The molecule has 0 aliphatic carbocycles. The van der Waals surface area contributed by atoms with Crippen molar-refractivity contribution in [1.82, 2.24) is 25.2 Å². The summed E-state index contributed by atoms with van der Waals surface area (Å²) < 4.78 is 1.54. The zero-order valence-electron chi connectivity index (χ0n) is 9.93. The van der Waals surface area contributed by atoms with Gasteiger partial charge in [0.15, 0.2) is 0 Å². The molecule has 2 aromatic rings. The first-order valence-electron chi connectivity index (χ1n) is 5.19. The second-order valence-electron chi connectivity index (χ2n) is 3.96. The molecule has 0 bridgehead atoms. The smallest absolute Gasteiger partial charge is 0.257 e. The summed E-state index contributed by atoms with van der Waals surface area (Å²) in [5, 5.41) is 13.6. The summed E-state index contributed by atoms with van der Waals surface area (Å²) >= 11 is 0. The maximum Gasteiger partial charge on any atom is 0.257 e. The van der Waals surface area contributed by atoms with E-state index in [9.17, 15) is 4.79 Å². The van der Waals surface area contributed by atoms with Gasteiger partial charge in [0.1, 0.15) is 0 Å². The minimum Gasteiger partial charge on any atom is -0.290 e. The van der Waals surface area contributed by atoms with E-state index >= 15 is 0 Å². The molecule has 0 aliphatic rings. The van der Waals surface area contributed by atoms with Gasteiger partial charge in [0.2, 0.25) is 5.82 Å². The monoisotopic (exact) mass is 231 g/mol. The molecule has 2 aromatic heterocycles. The van der Waals surface area contributed by atoms with E-state index in [2.05, 4.69) is 20.6 Å². The SMILES string of the molecule is C/C(=C/n1cc(C)cc(C)c1=O)c1nn[nH]n1. The van der Waals surface area contributed by atoms with Crippen molar-refractivity contribution in [3.05, 3.63) is 39.6 Å². The van der Waals surface area contributed by atoms with Crippen LogP contribution in [0.1, 0.15) is 23.9 Å². The fourth-order valence-electron chi connectivity index (χ4n) is 1.61. The summed E-state index contributed by atoms with van der Waals surface area (Å²) in [6, 6.07) is 1.86. The van der Waals surface area contributed by atoms with Gasteiger partial charge in [-0.1, -0.05) is 0 Å². The third-order valence-electron chi connectivity index (χ3n) is 2.39. The number of hydrogen-bond donors (Lipinski definition) is 1. The average Bonchev–Trinajstić information content (AvgIpc) is 2.78. The lowest BCUT2D eigenvalue weighted by Crippen LogP contribution is -2.18. The van der Waals surface area contributed by atoms with Crippen LogP contribution >= 0.6 is 0 Å². The van der Waals surface area contributed by atoms with E-state index in [1.54, 1.807) is 19.3 Å². The number of rotatable bonds is 2. The lowest BCUT2D eigenvalue weighted by Gasteiger charge is -2.03. The molecular formula is C11H13N5O. The minimum absolute atomic E-state index is 0.0431. The second-order valence-corrected chi connectivity index (χ2v) is 3.96. The molecule has 0 atom stereocenters. The van der Waals surface area contributed by atoms with Crippen LogP contribution in [0.25, 0.3) is 11.8 Å². The highest BCUT2D eigenvalue weighted by atomic mass is 16.1. The summed E-state index contributed by atoms with van der Waals surface area (Å²) in [5.41, 5.74) is 2.46. The molecule has 2 heterocycles. The van der Waals surface area contributed by atoms with E-state index in [4.69, 9.17) is 0 Å². The summed E-state index contributed by atoms with van der Waals surface area (Å²) in [7, 11) is 0. The van der Waals surface area contributed by atoms with Crippen LogP contribution in [0.3, 0.4) is 0 Å². The van der Waals surface area contributed by atoms with Gasteiger partial charge in [0.05, 0.1) is 0 Å². The van der Waals surface area contributed by atoms with Gasteiger partial charge in [0, 0.05) is 23.5 Å². The van der Waals surface area contributed by atoms with E-state index in [1.807, 2.05) is 19.9 Å². The molecule has 0 saturated heterocycles. The van der Waals surface area contributed by atoms with Gasteiger partial charge in [-0.3, -0.25) is 9.36 Å². The van der Waals surface area contributed by atoms with E-state index in [1.165, 1.54) is 4.57 Å². The Labute approximate surface area is 98.0 Å². The first-order chi connectivity index (χ1) is 8.08. The Bertz CT molecular complexity index is 609. The van der Waals surface area contributed by atoms with Gasteiger partial charge >= 0.3 is 0 Å². The Morgan fingerprint density at radius 2 is 2.24 bits per heavy atom. The van der Waals surface area contributed by atoms with Crippen LogP contribution in [-0.2, 0) is 0 Å². The molecule has 0 amide bonds. The fraction of sp³-hybridized carbons (Fsp3) is 0.273. The summed E-state index contributed by atoms with van der Waals surface area (Å²) in [5.74, 6) is 0.482. The molecule has 0 saturated carbocycles. The van der Waals surface area contributed by atoms with Gasteiger partial charge in [-0.05, 0) is 37.6 Å². The zero-order valence-corrected chi connectivity index (χ0v) is 9.93. The van der Waals surface area contributed by atoms with Crippen LogP contribution in [0.5, 0.6) is 0 Å². The Hall–Kier alpha value is -2.24. The highest BCUT2D eigenvalue weighted by molar-refractivity contribution is 5.69. The fourth-order valence-corrected chi connectivity index (χ4v) is 1.61. The predicted octanol–water partition coefficient (Wildman–Crippen LogP) is 0.996. The number of nitrogens with zero attached hydrogens (tertiary/aromatic N) is 4. The molecule has 0 fully saturated rings. The number of aromatic nitrogens is 5. The highest BCUT2D eigenvalue weighted by Gasteiger charge is 2.03. The predicted molar refractivity (Wildman–Crippen MR) is 64.2 cm³/mol. The molecule has 6 heteroatoms. The van der Waals surface area contributed by atoms with Crippen LogP contribution in [0.2, 0.25) is 0 Å². The molecule has 0 unspecified atom stereocenters. The maximum atomic E-state index is 11.9. The van der Waals surface area contributed by atoms with Crippen molar-refractivity contribution in [2.75, 3.05) is 0 Å². The van der Waals surface area contributed by atoms with Crippen molar-refractivity contribution in [3.8, 4) is 0 Å². The Balaban J connectivity index is 2.49. The quantitative estimate of drug-likeness (QED) is 0.836. The lowest BCUT2D eigenvalue weighted by molar-refractivity contribution is 0.881. The van der Waals surface area contributed by atoms with Crippen LogP contribution < -0.4 is 5.56 Å². The van der Waals surface area contributed by atoms with Crippen molar-refractivity contribution < 1.29 is 0 Å². The number of aryl methyl sites for hydroxylation is 2. The van der Waals surface area contributed by atoms with Gasteiger partial charge in [-0.15, -0.1) is 10.2 Å². The molecule has 1 N–H and O–H groups in total. The second kappa shape index (κ2) is 4.32. The van der Waals surface area contributed by atoms with E-state index < -0.39 is 0 Å². The van der Waals surface area contributed by atoms with Gasteiger partial charge in [-0.2, -0.15) is 5.21 Å². The third kappa shape index (κ3) is 2.30. The van der Waals surface area contributed by atoms with Crippen LogP contribution in [-0.4, -0.2) is 25.2 Å². The van der Waals surface area contributed by atoms with Gasteiger partial charge < -0.3 is 0 Å². The van der Waals surface area contributed by atoms with Crippen LogP contribution in [0.15, 0.2) is 17.1 Å². The van der Waals surface area contributed by atoms with E-state index in [-0.39, 0.29) is 5.56 Å². The first-order valence-corrected chi connectivity index (χ1v) is 5.19. The van der Waals surface area contributed by atoms with Crippen LogP contribution in [0.4, 0.5) is 0 Å². The number of pyridine rings is 1. The van der Waals surface area contributed by atoms with Gasteiger partial charge in [-0.25, -0.2) is 0 Å². The summed E-state index contributed by atoms with van der Waals surface area (Å²) in [6.45, 7) is 5.57. The molecule has 0 aliphatic heterocycles. The van der Waals surface area contributed by atoms with Crippen molar-refractivity contribution in [1.29, 1.82) is 0 Å². The molecule has 88 valence electrons. The minimum atomic E-state index is -0.0431. The average molecular weight is 231 g/mol. The van der Waals surface area contributed by atoms with Crippen molar-refractivity contribution in [2.45, 2.75) is 20.8 Å². The normalized spacial score (nSPS) is 11.8. The Morgan fingerprint density at radius 1 is 1.47 bits per heavy atom. The van der Waals surface area contributed by atoms with Crippen LogP contribution in [0, 0.1) is 13.8 Å². The third-order valence-corrected chi connectivity index (χ3v) is 2.39. The zero-order chi connectivity index (χ0) is 12.4. The molecule has 6 nitrogen and oxygen atoms in total. The summed E-state index contributed by atoms with van der Waals surface area (Å²) in [4.78, 5) is 11.9. The number of H-pyrrole nitrogens is 1. The number of allylic oxidation sites excluding steroid dienone is 1. The van der Waals surface area contributed by atoms with Gasteiger partial charge in [0.25, 0.3) is 5.56 Å². The molecule has 2 rings (SSSR count). The molecule has 0 aromatic carbocycles. The molecule has 0 radical (unpaired) electrons. The highest BCUT2D eigenvalue weighted by Crippen LogP contribution is 2.07. The molecule has 0 spiro atoms. The number of nitrogens with one attached hydrogen (secondary N) is 1.